The van der Waals surface area contributed by atoms with Gasteiger partial charge < -0.3 is 35.2 Å². The summed E-state index contributed by atoms with van der Waals surface area (Å²) in [7, 11) is 0. The monoisotopic (exact) mass is 1020 g/mol. The Labute approximate surface area is 351 Å². The van der Waals surface area contributed by atoms with Crippen LogP contribution in [-0.2, 0) is 20.1 Å². The third-order valence-corrected chi connectivity index (χ3v) is 9.29. The molecule has 0 unspecified atom stereocenters. The van der Waals surface area contributed by atoms with Crippen LogP contribution in [0.3, 0.4) is 0 Å². The van der Waals surface area contributed by atoms with Gasteiger partial charge in [0.2, 0.25) is 0 Å². The van der Waals surface area contributed by atoms with Gasteiger partial charge in [0.1, 0.15) is 5.76 Å². The number of rotatable bonds is 5. The summed E-state index contributed by atoms with van der Waals surface area (Å²) < 4.78 is 2.20. The van der Waals surface area contributed by atoms with E-state index in [-0.39, 0.29) is 42.5 Å². The van der Waals surface area contributed by atoms with Crippen LogP contribution in [0.2, 0.25) is 0 Å². The molecule has 2 heterocycles. The van der Waals surface area contributed by atoms with Gasteiger partial charge in [-0.3, -0.25) is 4.79 Å². The summed E-state index contributed by atoms with van der Waals surface area (Å²) in [6, 6.07) is 43.2. The van der Waals surface area contributed by atoms with Crippen LogP contribution in [0, 0.1) is 36.8 Å². The van der Waals surface area contributed by atoms with Gasteiger partial charge in [0.05, 0.1) is 11.5 Å². The Hall–Kier alpha value is -4.00. The first-order valence-corrected chi connectivity index (χ1v) is 19.0. The van der Waals surface area contributed by atoms with Crippen molar-refractivity contribution < 1.29 is 30.0 Å². The number of aromatic nitrogens is 2. The number of pyridine rings is 2. The normalized spacial score (nSPS) is 11.3. The van der Waals surface area contributed by atoms with Crippen molar-refractivity contribution in [2.24, 2.45) is 10.8 Å². The second-order valence-corrected chi connectivity index (χ2v) is 16.6. The molecule has 0 radical (unpaired) electrons. The van der Waals surface area contributed by atoms with E-state index in [0.29, 0.717) is 0 Å². The minimum atomic E-state index is -0.306. The van der Waals surface area contributed by atoms with Gasteiger partial charge in [0.15, 0.2) is 0 Å². The van der Waals surface area contributed by atoms with Gasteiger partial charge in [0.25, 0.3) is 0 Å². The average Bonchev–Trinajstić information content (AvgIpc) is 3.12. The molecule has 2 aromatic heterocycles. The molecule has 0 aliphatic rings. The molecule has 0 amide bonds. The number of aryl methyl sites for hydroxylation is 2. The number of allylic oxidation sites excluding steroid dienone is 2. The summed E-state index contributed by atoms with van der Waals surface area (Å²) in [6.45, 7) is 15.6. The summed E-state index contributed by atoms with van der Waals surface area (Å²) in [5.41, 5.74) is 10.6. The summed E-state index contributed by atoms with van der Waals surface area (Å²) in [5, 5.41) is 9.60. The van der Waals surface area contributed by atoms with Crippen molar-refractivity contribution in [1.29, 1.82) is 0 Å². The standard InChI is InChI=1S/2C18H13BrN.C11H20O2.Ir/c2*1-13-11-16(19)7-8-17(13)15-9-10-20-18(12-15)14-5-3-2-4-6-14;1-10(2,3)8(12)7-9(13)11(4,5)6;/h2*2-5,7-12H,1H3;7,12H,1-6H3;/q2*-1;;-3/p+1/b;;8-7-;. The summed E-state index contributed by atoms with van der Waals surface area (Å²) in [4.78, 5) is 18.5. The van der Waals surface area contributed by atoms with E-state index in [0.717, 1.165) is 31.5 Å². The Kier molecular flexibility index (Phi) is 16.5. The van der Waals surface area contributed by atoms with E-state index in [1.807, 2.05) is 115 Å². The maximum Gasteiger partial charge on any atom is 0.325 e. The van der Waals surface area contributed by atoms with Gasteiger partial charge in [0, 0.05) is 26.8 Å². The molecule has 4 nitrogen and oxygen atoms in total. The number of aliphatic hydroxyl groups is 1. The summed E-state index contributed by atoms with van der Waals surface area (Å²) in [6.07, 6.45) is 5.15. The molecule has 54 heavy (non-hydrogen) atoms. The Morgan fingerprint density at radius 3 is 1.39 bits per heavy atom. The zero-order valence-electron chi connectivity index (χ0n) is 32.0. The SMILES string of the molecule is CC(C)(C)C(=[OH+])/C=C(\O)C(C)(C)C.Cc1cc(Br)ccc1-c1ccnc(-c2[c-]cccc2)c1.Cc1cc(Br)ccc1-c1ccnc(-c2[c-]cccc2)c1.[Ir-3]. The van der Waals surface area contributed by atoms with Crippen molar-refractivity contribution in [3.05, 3.63) is 166 Å². The summed E-state index contributed by atoms with van der Waals surface area (Å²) >= 11 is 7.01. The number of benzene rings is 4. The fraction of sp³-hybridized carbons (Fsp3) is 0.213. The van der Waals surface area contributed by atoms with Gasteiger partial charge in [-0.2, -0.15) is 0 Å². The molecule has 6 aromatic rings. The van der Waals surface area contributed by atoms with Crippen molar-refractivity contribution >= 4 is 37.6 Å². The van der Waals surface area contributed by atoms with E-state index >= 15 is 0 Å². The third-order valence-electron chi connectivity index (χ3n) is 8.30. The van der Waals surface area contributed by atoms with Crippen molar-refractivity contribution in [3.8, 4) is 44.8 Å². The molecule has 0 atom stereocenters. The number of hydrogen-bond acceptors (Lipinski definition) is 3. The number of carbonyl (C=O) groups excluding carboxylic acids is 1. The van der Waals surface area contributed by atoms with Crippen molar-refractivity contribution in [2.75, 3.05) is 0 Å². The Bertz CT molecular complexity index is 2040. The van der Waals surface area contributed by atoms with Gasteiger partial charge in [-0.05, 0) is 116 Å². The van der Waals surface area contributed by atoms with Crippen molar-refractivity contribution in [1.82, 2.24) is 9.97 Å². The van der Waals surface area contributed by atoms with Crippen LogP contribution in [0.1, 0.15) is 52.7 Å². The molecule has 0 fully saturated rings. The van der Waals surface area contributed by atoms with Gasteiger partial charge in [-0.1, -0.05) is 76.9 Å². The number of nitrogens with zero attached hydrogens (tertiary/aromatic N) is 2. The van der Waals surface area contributed by atoms with E-state index in [1.165, 1.54) is 39.5 Å². The second-order valence-electron chi connectivity index (χ2n) is 14.7. The first-order valence-electron chi connectivity index (χ1n) is 17.4. The van der Waals surface area contributed by atoms with Gasteiger partial charge >= 0.3 is 5.78 Å². The third kappa shape index (κ3) is 13.1. The first kappa shape index (κ1) is 44.4. The molecular formula is C47H47Br2IrN2O2-4. The van der Waals surface area contributed by atoms with Crippen LogP contribution in [0.5, 0.6) is 0 Å². The van der Waals surface area contributed by atoms with E-state index < -0.39 is 0 Å². The Morgan fingerprint density at radius 1 is 0.630 bits per heavy atom. The minimum Gasteiger partial charge on any atom is -3.00 e. The molecule has 284 valence electrons. The minimum absolute atomic E-state index is 0. The van der Waals surface area contributed by atoms with Crippen molar-refractivity contribution in [2.45, 2.75) is 55.4 Å². The zero-order valence-corrected chi connectivity index (χ0v) is 37.6. The zero-order chi connectivity index (χ0) is 38.8. The Balaban J connectivity index is 0.000000222. The maximum atomic E-state index is 9.60. The van der Waals surface area contributed by atoms with Crippen molar-refractivity contribution in [3.63, 3.8) is 0 Å². The van der Waals surface area contributed by atoms with Crippen LogP contribution < -0.4 is 0 Å². The molecule has 0 spiro atoms. The predicted octanol–water partition coefficient (Wildman–Crippen LogP) is 13.6. The molecule has 0 saturated carbocycles. The van der Waals surface area contributed by atoms with Crippen LogP contribution in [0.25, 0.3) is 44.8 Å². The van der Waals surface area contributed by atoms with E-state index in [9.17, 15) is 9.90 Å². The molecule has 0 aliphatic carbocycles. The first-order chi connectivity index (χ1) is 25.0. The molecule has 2 N–H and O–H groups in total. The quantitative estimate of drug-likeness (QED) is 0.0810. The van der Waals surface area contributed by atoms with Crippen LogP contribution in [0.4, 0.5) is 0 Å². The van der Waals surface area contributed by atoms with E-state index in [2.05, 4.69) is 116 Å². The van der Waals surface area contributed by atoms with E-state index in [1.54, 1.807) is 0 Å². The number of ketones is 1. The summed E-state index contributed by atoms with van der Waals surface area (Å²) in [5.74, 6) is 0.417. The molecule has 4 aromatic carbocycles. The van der Waals surface area contributed by atoms with Crippen LogP contribution in [0.15, 0.2) is 142 Å². The number of halogens is 2. The van der Waals surface area contributed by atoms with Crippen LogP contribution in [-0.4, -0.2) is 25.7 Å². The Morgan fingerprint density at radius 2 is 1.06 bits per heavy atom. The maximum absolute atomic E-state index is 9.60. The topological polar surface area (TPSA) is 67.4 Å². The average molecular weight is 1020 g/mol. The van der Waals surface area contributed by atoms with Gasteiger partial charge in [-0.15, -0.1) is 71.8 Å². The fourth-order valence-corrected chi connectivity index (χ4v) is 6.01. The molecular weight excluding hydrogens is 977 g/mol. The molecule has 0 saturated heterocycles. The molecule has 0 bridgehead atoms. The largest absolute Gasteiger partial charge is 3.00 e. The van der Waals surface area contributed by atoms with Gasteiger partial charge in [-0.25, -0.2) is 0 Å². The number of aliphatic hydroxyl groups excluding tert-OH is 1. The molecule has 7 heteroatoms. The second kappa shape index (κ2) is 20.1. The van der Waals surface area contributed by atoms with E-state index in [4.69, 9.17) is 0 Å². The smallest absolute Gasteiger partial charge is 0.325 e. The molecule has 6 rings (SSSR count). The fourth-order valence-electron chi connectivity index (χ4n) is 5.06. The van der Waals surface area contributed by atoms with Crippen LogP contribution >= 0.6 is 31.9 Å². The predicted molar refractivity (Wildman–Crippen MR) is 229 cm³/mol. The number of hydrogen-bond donors (Lipinski definition) is 1. The molecule has 0 aliphatic heterocycles.